The van der Waals surface area contributed by atoms with E-state index in [0.717, 1.165) is 12.8 Å². The van der Waals surface area contributed by atoms with Gasteiger partial charge in [-0.3, -0.25) is 4.79 Å². The highest BCUT2D eigenvalue weighted by Crippen LogP contribution is 2.09. The summed E-state index contributed by atoms with van der Waals surface area (Å²) in [6.45, 7) is 6.39. The zero-order valence-electron chi connectivity index (χ0n) is 11.3. The molecule has 0 spiro atoms. The minimum atomic E-state index is -0.252. The largest absolute Gasteiger partial charge is 0.382 e. The summed E-state index contributed by atoms with van der Waals surface area (Å²) in [4.78, 5) is 19.7. The molecule has 1 aromatic heterocycles. The third-order valence-electron chi connectivity index (χ3n) is 2.74. The normalized spacial score (nSPS) is 12.4. The van der Waals surface area contributed by atoms with Crippen LogP contribution in [0, 0.1) is 5.92 Å². The number of nitrogen functional groups attached to an aromatic ring is 1. The molecule has 0 saturated carbocycles. The topological polar surface area (TPSA) is 80.9 Å². The van der Waals surface area contributed by atoms with E-state index in [1.807, 2.05) is 6.92 Å². The number of hydrogen-bond acceptors (Lipinski definition) is 4. The molecule has 100 valence electrons. The number of carbonyl (C=O) groups is 1. The molecule has 1 heterocycles. The average Bonchev–Trinajstić information content (AvgIpc) is 2.28. The van der Waals surface area contributed by atoms with Gasteiger partial charge in [0.2, 0.25) is 0 Å². The van der Waals surface area contributed by atoms with Crippen LogP contribution in [0.2, 0.25) is 0 Å². The molecule has 0 aromatic carbocycles. The first kappa shape index (κ1) is 14.4. The van der Waals surface area contributed by atoms with Gasteiger partial charge in [-0.05, 0) is 19.3 Å². The summed E-state index contributed by atoms with van der Waals surface area (Å²) < 4.78 is 0. The Morgan fingerprint density at radius 3 is 2.56 bits per heavy atom. The van der Waals surface area contributed by atoms with Gasteiger partial charge in [0.05, 0.1) is 0 Å². The van der Waals surface area contributed by atoms with Crippen LogP contribution in [-0.2, 0) is 0 Å². The molecule has 0 aliphatic carbocycles. The lowest BCUT2D eigenvalue weighted by Gasteiger charge is -2.14. The van der Waals surface area contributed by atoms with Crippen molar-refractivity contribution in [1.82, 2.24) is 15.3 Å². The molecule has 5 nitrogen and oxygen atoms in total. The summed E-state index contributed by atoms with van der Waals surface area (Å²) >= 11 is 0. The minimum absolute atomic E-state index is 0.123. The van der Waals surface area contributed by atoms with E-state index < -0.39 is 0 Å². The lowest BCUT2D eigenvalue weighted by molar-refractivity contribution is 0.0933. The molecule has 18 heavy (non-hydrogen) atoms. The zero-order chi connectivity index (χ0) is 13.5. The molecule has 1 aromatic rings. The maximum absolute atomic E-state index is 11.9. The molecule has 0 fully saturated rings. The van der Waals surface area contributed by atoms with Crippen LogP contribution in [0.15, 0.2) is 12.4 Å². The van der Waals surface area contributed by atoms with Gasteiger partial charge in [-0.15, -0.1) is 0 Å². The second-order valence-corrected chi connectivity index (χ2v) is 4.99. The third-order valence-corrected chi connectivity index (χ3v) is 2.74. The molecule has 1 atom stereocenters. The Hall–Kier alpha value is -1.65. The van der Waals surface area contributed by atoms with Crippen LogP contribution in [0.4, 0.5) is 5.82 Å². The van der Waals surface area contributed by atoms with Crippen molar-refractivity contribution in [2.24, 2.45) is 5.92 Å². The first-order valence-corrected chi connectivity index (χ1v) is 6.38. The summed E-state index contributed by atoms with van der Waals surface area (Å²) in [5.41, 5.74) is 5.80. The molecular weight excluding hydrogens is 228 g/mol. The van der Waals surface area contributed by atoms with Crippen molar-refractivity contribution in [2.45, 2.75) is 46.1 Å². The fraction of sp³-hybridized carbons (Fsp3) is 0.615. The maximum Gasteiger partial charge on any atom is 0.273 e. The summed E-state index contributed by atoms with van der Waals surface area (Å²) in [6, 6.07) is 0.123. The van der Waals surface area contributed by atoms with Crippen LogP contribution < -0.4 is 11.1 Å². The Morgan fingerprint density at radius 2 is 1.94 bits per heavy atom. The summed E-state index contributed by atoms with van der Waals surface area (Å²) in [5, 5.41) is 2.89. The highest BCUT2D eigenvalue weighted by Gasteiger charge is 2.14. The van der Waals surface area contributed by atoms with Crippen LogP contribution in [0.3, 0.4) is 0 Å². The molecule has 0 radical (unpaired) electrons. The van der Waals surface area contributed by atoms with E-state index in [4.69, 9.17) is 5.73 Å². The van der Waals surface area contributed by atoms with E-state index >= 15 is 0 Å². The Morgan fingerprint density at radius 1 is 1.28 bits per heavy atom. The molecule has 1 amide bonds. The number of nitrogens with one attached hydrogen (secondary N) is 1. The van der Waals surface area contributed by atoms with Gasteiger partial charge in [-0.2, -0.15) is 0 Å². The van der Waals surface area contributed by atoms with Gasteiger partial charge in [-0.1, -0.05) is 26.7 Å². The molecule has 0 unspecified atom stereocenters. The van der Waals surface area contributed by atoms with Gasteiger partial charge in [0.25, 0.3) is 5.91 Å². The maximum atomic E-state index is 11.9. The van der Waals surface area contributed by atoms with E-state index in [2.05, 4.69) is 29.1 Å². The van der Waals surface area contributed by atoms with E-state index in [-0.39, 0.29) is 23.5 Å². The quantitative estimate of drug-likeness (QED) is 0.809. The number of hydrogen-bond donors (Lipinski definition) is 2. The number of nitrogens with zero attached hydrogens (tertiary/aromatic N) is 2. The highest BCUT2D eigenvalue weighted by molar-refractivity contribution is 5.96. The third kappa shape index (κ3) is 4.69. The second kappa shape index (κ2) is 6.93. The summed E-state index contributed by atoms with van der Waals surface area (Å²) in [7, 11) is 0. The van der Waals surface area contributed by atoms with E-state index in [1.165, 1.54) is 18.8 Å². The number of amides is 1. The van der Waals surface area contributed by atoms with Gasteiger partial charge in [0, 0.05) is 18.4 Å². The molecule has 1 rings (SSSR count). The lowest BCUT2D eigenvalue weighted by Crippen LogP contribution is -2.33. The van der Waals surface area contributed by atoms with Crippen molar-refractivity contribution in [2.75, 3.05) is 5.73 Å². The highest BCUT2D eigenvalue weighted by atomic mass is 16.2. The number of carbonyl (C=O) groups excluding carboxylic acids is 1. The second-order valence-electron chi connectivity index (χ2n) is 4.99. The molecule has 0 aliphatic heterocycles. The fourth-order valence-corrected chi connectivity index (χ4v) is 1.72. The van der Waals surface area contributed by atoms with Gasteiger partial charge in [-0.25, -0.2) is 9.97 Å². The van der Waals surface area contributed by atoms with Crippen LogP contribution in [0.1, 0.15) is 50.5 Å². The standard InChI is InChI=1S/C13H22N4O/c1-9(2)5-4-6-10(3)17-13(18)11-12(14)16-8-7-15-11/h7-10H,4-6H2,1-3H3,(H2,14,16)(H,17,18)/t10-/m1/s1. The Bertz CT molecular complexity index is 392. The molecule has 0 aliphatic rings. The Labute approximate surface area is 108 Å². The number of nitrogens with two attached hydrogens (primary N) is 1. The van der Waals surface area contributed by atoms with Gasteiger partial charge >= 0.3 is 0 Å². The minimum Gasteiger partial charge on any atom is -0.382 e. The predicted molar refractivity (Wildman–Crippen MR) is 72.1 cm³/mol. The van der Waals surface area contributed by atoms with E-state index in [9.17, 15) is 4.79 Å². The average molecular weight is 250 g/mol. The van der Waals surface area contributed by atoms with Crippen LogP contribution >= 0.6 is 0 Å². The summed E-state index contributed by atoms with van der Waals surface area (Å²) in [6.07, 6.45) is 6.18. The summed E-state index contributed by atoms with van der Waals surface area (Å²) in [5.74, 6) is 0.616. The Balaban J connectivity index is 2.43. The number of rotatable bonds is 6. The first-order valence-electron chi connectivity index (χ1n) is 6.38. The lowest BCUT2D eigenvalue weighted by atomic mass is 10.0. The monoisotopic (exact) mass is 250 g/mol. The van der Waals surface area contributed by atoms with Crippen molar-refractivity contribution >= 4 is 11.7 Å². The molecule has 3 N–H and O–H groups in total. The van der Waals surface area contributed by atoms with Crippen molar-refractivity contribution in [3.8, 4) is 0 Å². The van der Waals surface area contributed by atoms with Crippen molar-refractivity contribution in [1.29, 1.82) is 0 Å². The fourth-order valence-electron chi connectivity index (χ4n) is 1.72. The Kier molecular flexibility index (Phi) is 5.55. The van der Waals surface area contributed by atoms with Crippen LogP contribution in [0.25, 0.3) is 0 Å². The van der Waals surface area contributed by atoms with Crippen LogP contribution in [0.5, 0.6) is 0 Å². The number of anilines is 1. The SMILES string of the molecule is CC(C)CCC[C@@H](C)NC(=O)c1nccnc1N. The predicted octanol–water partition coefficient (Wildman–Crippen LogP) is 2.00. The van der Waals surface area contributed by atoms with E-state index in [1.54, 1.807) is 0 Å². The zero-order valence-corrected chi connectivity index (χ0v) is 11.3. The van der Waals surface area contributed by atoms with Crippen molar-refractivity contribution in [3.05, 3.63) is 18.1 Å². The van der Waals surface area contributed by atoms with Crippen molar-refractivity contribution in [3.63, 3.8) is 0 Å². The molecule has 5 heteroatoms. The van der Waals surface area contributed by atoms with Gasteiger partial charge in [0.15, 0.2) is 11.5 Å². The van der Waals surface area contributed by atoms with E-state index in [0.29, 0.717) is 5.92 Å². The smallest absolute Gasteiger partial charge is 0.273 e. The molecule has 0 saturated heterocycles. The first-order chi connectivity index (χ1) is 8.50. The number of aromatic nitrogens is 2. The van der Waals surface area contributed by atoms with Gasteiger partial charge < -0.3 is 11.1 Å². The molecule has 0 bridgehead atoms. The van der Waals surface area contributed by atoms with Gasteiger partial charge in [0.1, 0.15) is 0 Å². The molecular formula is C13H22N4O. The van der Waals surface area contributed by atoms with Crippen molar-refractivity contribution < 1.29 is 4.79 Å². The van der Waals surface area contributed by atoms with Crippen LogP contribution in [-0.4, -0.2) is 21.9 Å².